The van der Waals surface area contributed by atoms with Gasteiger partial charge >= 0.3 is 0 Å². The summed E-state index contributed by atoms with van der Waals surface area (Å²) < 4.78 is 0. The summed E-state index contributed by atoms with van der Waals surface area (Å²) in [5.74, 6) is 0.528. The van der Waals surface area contributed by atoms with Crippen molar-refractivity contribution in [3.8, 4) is 0 Å². The van der Waals surface area contributed by atoms with Crippen molar-refractivity contribution < 1.29 is 4.79 Å². The van der Waals surface area contributed by atoms with Crippen molar-refractivity contribution in [3.05, 3.63) is 70.2 Å². The number of nitrogens with zero attached hydrogens (tertiary/aromatic N) is 1. The summed E-state index contributed by atoms with van der Waals surface area (Å²) in [6.07, 6.45) is 1.68. The first-order valence-corrected chi connectivity index (χ1v) is 8.22. The topological polar surface area (TPSA) is 74.8 Å². The number of H-pyrrole nitrogens is 1. The van der Waals surface area contributed by atoms with Crippen LogP contribution in [0.4, 0.5) is 0 Å². The molecule has 0 fully saturated rings. The molecular formula is C17H19N3O2S. The molecule has 0 bridgehead atoms. The molecule has 1 amide bonds. The number of thioether (sulfide) groups is 1. The van der Waals surface area contributed by atoms with Gasteiger partial charge in [-0.2, -0.15) is 0 Å². The highest BCUT2D eigenvalue weighted by atomic mass is 32.2. The van der Waals surface area contributed by atoms with Crippen LogP contribution in [-0.4, -0.2) is 22.4 Å². The number of amides is 1. The van der Waals surface area contributed by atoms with E-state index in [4.69, 9.17) is 0 Å². The van der Waals surface area contributed by atoms with Crippen LogP contribution in [0, 0.1) is 6.92 Å². The zero-order valence-corrected chi connectivity index (χ0v) is 13.8. The number of carbonyl (C=O) groups is 1. The fraction of sp³-hybridized carbons (Fsp3) is 0.235. The molecule has 0 saturated carbocycles. The van der Waals surface area contributed by atoms with E-state index in [0.29, 0.717) is 23.1 Å². The Kier molecular flexibility index (Phi) is 6.17. The standard InChI is InChI=1S/C17H19N3O2S/c1-3-8-18-15(21)9-14-10-16(22)20-17(19-14)23-11-13-7-5-4-6-12(13)2/h3-7,10H,1,8-9,11H2,2H3,(H,18,21)(H,19,20,22). The van der Waals surface area contributed by atoms with E-state index in [2.05, 4.69) is 21.9 Å². The predicted octanol–water partition coefficient (Wildman–Crippen LogP) is 2.22. The molecule has 0 spiro atoms. The average Bonchev–Trinajstić information content (AvgIpc) is 2.51. The molecule has 2 rings (SSSR count). The van der Waals surface area contributed by atoms with E-state index in [-0.39, 0.29) is 17.9 Å². The number of carbonyl (C=O) groups excluding carboxylic acids is 1. The van der Waals surface area contributed by atoms with Gasteiger partial charge in [0.2, 0.25) is 5.91 Å². The third-order valence-electron chi connectivity index (χ3n) is 3.18. The molecule has 0 aliphatic rings. The van der Waals surface area contributed by atoms with Gasteiger partial charge in [0, 0.05) is 18.4 Å². The van der Waals surface area contributed by atoms with Gasteiger partial charge in [-0.3, -0.25) is 9.59 Å². The summed E-state index contributed by atoms with van der Waals surface area (Å²) in [4.78, 5) is 30.5. The Morgan fingerprint density at radius 2 is 2.22 bits per heavy atom. The van der Waals surface area contributed by atoms with Gasteiger partial charge in [0.1, 0.15) is 0 Å². The number of nitrogens with one attached hydrogen (secondary N) is 2. The molecule has 2 N–H and O–H groups in total. The Labute approximate surface area is 139 Å². The van der Waals surface area contributed by atoms with E-state index in [1.54, 1.807) is 6.08 Å². The molecule has 1 aromatic heterocycles. The number of aromatic nitrogens is 2. The second-order valence-corrected chi connectivity index (χ2v) is 5.99. The van der Waals surface area contributed by atoms with Crippen LogP contribution in [-0.2, 0) is 17.0 Å². The number of benzene rings is 1. The largest absolute Gasteiger partial charge is 0.352 e. The SMILES string of the molecule is C=CCNC(=O)Cc1cc(=O)[nH]c(SCc2ccccc2C)n1. The summed E-state index contributed by atoms with van der Waals surface area (Å²) in [6, 6.07) is 9.43. The number of hydrogen-bond acceptors (Lipinski definition) is 4. The van der Waals surface area contributed by atoms with E-state index in [9.17, 15) is 9.59 Å². The maximum Gasteiger partial charge on any atom is 0.251 e. The van der Waals surface area contributed by atoms with Crippen LogP contribution >= 0.6 is 11.8 Å². The smallest absolute Gasteiger partial charge is 0.251 e. The molecule has 5 nitrogen and oxygen atoms in total. The van der Waals surface area contributed by atoms with Gasteiger partial charge in [-0.1, -0.05) is 42.1 Å². The molecule has 0 aliphatic heterocycles. The molecule has 2 aromatic rings. The Morgan fingerprint density at radius 1 is 1.43 bits per heavy atom. The van der Waals surface area contributed by atoms with Gasteiger partial charge in [0.25, 0.3) is 5.56 Å². The average molecular weight is 329 g/mol. The van der Waals surface area contributed by atoms with Crippen LogP contribution in [0.1, 0.15) is 16.8 Å². The number of hydrogen-bond donors (Lipinski definition) is 2. The van der Waals surface area contributed by atoms with Gasteiger partial charge in [-0.25, -0.2) is 4.98 Å². The molecule has 120 valence electrons. The maximum absolute atomic E-state index is 11.7. The fourth-order valence-corrected chi connectivity index (χ4v) is 2.94. The van der Waals surface area contributed by atoms with Crippen molar-refractivity contribution >= 4 is 17.7 Å². The van der Waals surface area contributed by atoms with Crippen molar-refractivity contribution in [2.45, 2.75) is 24.3 Å². The Balaban J connectivity index is 2.05. The van der Waals surface area contributed by atoms with Crippen molar-refractivity contribution in [2.75, 3.05) is 6.54 Å². The van der Waals surface area contributed by atoms with E-state index in [1.165, 1.54) is 29.0 Å². The van der Waals surface area contributed by atoms with E-state index < -0.39 is 0 Å². The summed E-state index contributed by atoms with van der Waals surface area (Å²) in [5.41, 5.74) is 2.60. The molecule has 0 unspecified atom stereocenters. The zero-order chi connectivity index (χ0) is 16.7. The van der Waals surface area contributed by atoms with E-state index in [1.807, 2.05) is 31.2 Å². The summed E-state index contributed by atoms with van der Waals surface area (Å²) in [5, 5.41) is 3.19. The van der Waals surface area contributed by atoms with Crippen LogP contribution in [0.3, 0.4) is 0 Å². The van der Waals surface area contributed by atoms with Gasteiger partial charge < -0.3 is 10.3 Å². The molecule has 1 aromatic carbocycles. The lowest BCUT2D eigenvalue weighted by atomic mass is 10.1. The predicted molar refractivity (Wildman–Crippen MR) is 92.5 cm³/mol. The highest BCUT2D eigenvalue weighted by Crippen LogP contribution is 2.20. The first kappa shape index (κ1) is 17.0. The second-order valence-electron chi connectivity index (χ2n) is 5.03. The monoisotopic (exact) mass is 329 g/mol. The molecule has 23 heavy (non-hydrogen) atoms. The third-order valence-corrected chi connectivity index (χ3v) is 4.11. The van der Waals surface area contributed by atoms with Crippen LogP contribution in [0.15, 0.2) is 52.9 Å². The Hall–Kier alpha value is -2.34. The molecule has 6 heteroatoms. The molecule has 0 atom stereocenters. The fourth-order valence-electron chi connectivity index (χ4n) is 1.97. The number of aromatic amines is 1. The highest BCUT2D eigenvalue weighted by Gasteiger charge is 2.08. The lowest BCUT2D eigenvalue weighted by Gasteiger charge is -2.06. The lowest BCUT2D eigenvalue weighted by Crippen LogP contribution is -2.26. The zero-order valence-electron chi connectivity index (χ0n) is 13.0. The first-order valence-electron chi connectivity index (χ1n) is 7.23. The lowest BCUT2D eigenvalue weighted by molar-refractivity contribution is -0.120. The van der Waals surface area contributed by atoms with Crippen LogP contribution in [0.25, 0.3) is 0 Å². The summed E-state index contributed by atoms with van der Waals surface area (Å²) in [7, 11) is 0. The molecule has 0 aliphatic carbocycles. The minimum atomic E-state index is -0.251. The third kappa shape index (κ3) is 5.41. The van der Waals surface area contributed by atoms with Crippen molar-refractivity contribution in [1.29, 1.82) is 0 Å². The van der Waals surface area contributed by atoms with Crippen molar-refractivity contribution in [3.63, 3.8) is 0 Å². The Bertz CT molecular complexity index is 755. The highest BCUT2D eigenvalue weighted by molar-refractivity contribution is 7.98. The minimum absolute atomic E-state index is 0.0791. The van der Waals surface area contributed by atoms with Crippen molar-refractivity contribution in [1.82, 2.24) is 15.3 Å². The van der Waals surface area contributed by atoms with Gasteiger partial charge in [-0.05, 0) is 18.1 Å². The second kappa shape index (κ2) is 8.33. The van der Waals surface area contributed by atoms with Crippen LogP contribution < -0.4 is 10.9 Å². The van der Waals surface area contributed by atoms with Crippen molar-refractivity contribution in [2.24, 2.45) is 0 Å². The molecule has 0 radical (unpaired) electrons. The van der Waals surface area contributed by atoms with Crippen LogP contribution in [0.5, 0.6) is 0 Å². The summed E-state index contributed by atoms with van der Waals surface area (Å²) >= 11 is 1.45. The summed E-state index contributed by atoms with van der Waals surface area (Å²) in [6.45, 7) is 5.99. The normalized spacial score (nSPS) is 10.3. The Morgan fingerprint density at radius 3 is 2.96 bits per heavy atom. The number of rotatable bonds is 7. The van der Waals surface area contributed by atoms with Crippen LogP contribution in [0.2, 0.25) is 0 Å². The van der Waals surface area contributed by atoms with Gasteiger partial charge in [-0.15, -0.1) is 6.58 Å². The molecule has 1 heterocycles. The van der Waals surface area contributed by atoms with Gasteiger partial charge in [0.05, 0.1) is 12.1 Å². The van der Waals surface area contributed by atoms with Gasteiger partial charge in [0.15, 0.2) is 5.16 Å². The first-order chi connectivity index (χ1) is 11.1. The number of aryl methyl sites for hydroxylation is 1. The molecule has 0 saturated heterocycles. The quantitative estimate of drug-likeness (QED) is 0.464. The maximum atomic E-state index is 11.7. The minimum Gasteiger partial charge on any atom is -0.352 e. The van der Waals surface area contributed by atoms with E-state index >= 15 is 0 Å². The van der Waals surface area contributed by atoms with E-state index in [0.717, 1.165) is 0 Å². The molecular weight excluding hydrogens is 310 g/mol.